The molecule has 1 aromatic heterocycles. The van der Waals surface area contributed by atoms with Gasteiger partial charge in [0.25, 0.3) is 0 Å². The third-order valence-corrected chi connectivity index (χ3v) is 11.6. The Balaban J connectivity index is 0.750. The van der Waals surface area contributed by atoms with E-state index in [-0.39, 0.29) is 31.1 Å². The highest BCUT2D eigenvalue weighted by molar-refractivity contribution is 6.35. The van der Waals surface area contributed by atoms with E-state index in [0.717, 1.165) is 29.4 Å². The Morgan fingerprint density at radius 2 is 1.71 bits per heavy atom. The summed E-state index contributed by atoms with van der Waals surface area (Å²) in [4.78, 5) is 28.9. The lowest BCUT2D eigenvalue weighted by molar-refractivity contribution is -0.189. The van der Waals surface area contributed by atoms with Gasteiger partial charge in [0.2, 0.25) is 17.6 Å². The van der Waals surface area contributed by atoms with E-state index in [1.165, 1.54) is 38.5 Å². The number of hydrogen-bond donors (Lipinski definition) is 3. The lowest BCUT2D eigenvalue weighted by atomic mass is 9.78. The minimum Gasteiger partial charge on any atom is -0.491 e. The van der Waals surface area contributed by atoms with E-state index >= 15 is 0 Å². The molecule has 3 saturated carbocycles. The SMILES string of the molecule is O=C(COCCNC(=O)CC1CC2CC3CC(C1)C(C2)C3)NCCNc1ccc(OC[C@H]2CO[C@](Cn3ccnc3)(c3ccc(Cl)cc3Cl)O2)cc1. The summed E-state index contributed by atoms with van der Waals surface area (Å²) in [6.07, 6.45) is 13.6. The van der Waals surface area contributed by atoms with Gasteiger partial charge in [0.1, 0.15) is 25.1 Å². The predicted molar refractivity (Wildman–Crippen MR) is 198 cm³/mol. The first-order chi connectivity index (χ1) is 25.3. The second-order valence-electron chi connectivity index (χ2n) is 14.9. The van der Waals surface area contributed by atoms with Gasteiger partial charge in [-0.15, -0.1) is 0 Å². The van der Waals surface area contributed by atoms with Gasteiger partial charge in [-0.1, -0.05) is 29.3 Å². The van der Waals surface area contributed by atoms with E-state index in [9.17, 15) is 9.59 Å². The van der Waals surface area contributed by atoms with Crippen LogP contribution in [0.5, 0.6) is 5.75 Å². The molecule has 7 rings (SSSR count). The highest BCUT2D eigenvalue weighted by Gasteiger charge is 2.46. The Bertz CT molecular complexity index is 1640. The molecule has 52 heavy (non-hydrogen) atoms. The van der Waals surface area contributed by atoms with Crippen molar-refractivity contribution in [3.63, 3.8) is 0 Å². The molecule has 1 aliphatic heterocycles. The second-order valence-corrected chi connectivity index (χ2v) is 15.8. The lowest BCUT2D eigenvalue weighted by Crippen LogP contribution is -2.34. The molecule has 2 aromatic carbocycles. The summed E-state index contributed by atoms with van der Waals surface area (Å²) in [7, 11) is 0. The van der Waals surface area contributed by atoms with Gasteiger partial charge in [0.15, 0.2) is 0 Å². The smallest absolute Gasteiger partial charge is 0.246 e. The zero-order valence-corrected chi connectivity index (χ0v) is 31.0. The number of hydrogen-bond acceptors (Lipinski definition) is 8. The predicted octanol–water partition coefficient (Wildman–Crippen LogP) is 6.05. The van der Waals surface area contributed by atoms with Crippen LogP contribution in [0.4, 0.5) is 5.69 Å². The molecule has 2 heterocycles. The van der Waals surface area contributed by atoms with Gasteiger partial charge in [-0.3, -0.25) is 9.59 Å². The Kier molecular flexibility index (Phi) is 12.2. The van der Waals surface area contributed by atoms with Crippen LogP contribution in [0.25, 0.3) is 0 Å². The largest absolute Gasteiger partial charge is 0.491 e. The van der Waals surface area contributed by atoms with Crippen molar-refractivity contribution in [2.75, 3.05) is 51.4 Å². The molecule has 3 bridgehead atoms. The van der Waals surface area contributed by atoms with Crippen LogP contribution in [-0.2, 0) is 36.1 Å². The van der Waals surface area contributed by atoms with Gasteiger partial charge < -0.3 is 39.5 Å². The Labute approximate surface area is 315 Å². The van der Waals surface area contributed by atoms with Gasteiger partial charge in [-0.25, -0.2) is 4.98 Å². The van der Waals surface area contributed by atoms with Gasteiger partial charge in [-0.2, -0.15) is 0 Å². The Hall–Kier alpha value is -3.35. The van der Waals surface area contributed by atoms with Crippen molar-refractivity contribution in [3.05, 3.63) is 76.8 Å². The number of benzene rings is 2. The maximum atomic E-state index is 12.6. The molecule has 2 amide bonds. The van der Waals surface area contributed by atoms with Crippen molar-refractivity contribution in [2.45, 2.75) is 63.4 Å². The molecule has 5 unspecified atom stereocenters. The highest BCUT2D eigenvalue weighted by Crippen LogP contribution is 2.55. The molecule has 0 spiro atoms. The molecule has 3 aromatic rings. The molecule has 3 N–H and O–H groups in total. The minimum atomic E-state index is -1.11. The zero-order chi connectivity index (χ0) is 35.9. The fourth-order valence-corrected chi connectivity index (χ4v) is 9.47. The van der Waals surface area contributed by atoms with Crippen LogP contribution in [0.15, 0.2) is 61.2 Å². The van der Waals surface area contributed by atoms with E-state index in [1.807, 2.05) is 41.1 Å². The molecule has 0 radical (unpaired) electrons. The van der Waals surface area contributed by atoms with Crippen LogP contribution in [0.2, 0.25) is 10.0 Å². The summed E-state index contributed by atoms with van der Waals surface area (Å²) in [5.41, 5.74) is 1.58. The van der Waals surface area contributed by atoms with E-state index in [2.05, 4.69) is 20.9 Å². The van der Waals surface area contributed by atoms with E-state index in [4.69, 9.17) is 42.1 Å². The molecule has 4 aliphatic rings. The lowest BCUT2D eigenvalue weighted by Gasteiger charge is -2.30. The third-order valence-electron chi connectivity index (χ3n) is 11.0. The number of nitrogens with zero attached hydrogens (tertiary/aromatic N) is 2. The number of nitrogens with one attached hydrogen (secondary N) is 3. The number of halogens is 2. The quantitative estimate of drug-likeness (QED) is 0.142. The Morgan fingerprint density at radius 3 is 2.50 bits per heavy atom. The molecule has 4 fully saturated rings. The molecular formula is C39H49Cl2N5O6. The van der Waals surface area contributed by atoms with Gasteiger partial charge in [0, 0.05) is 54.7 Å². The first kappa shape index (κ1) is 37.0. The number of imidazole rings is 1. The maximum Gasteiger partial charge on any atom is 0.246 e. The van der Waals surface area contributed by atoms with Crippen molar-refractivity contribution >= 4 is 40.7 Å². The highest BCUT2D eigenvalue weighted by atomic mass is 35.5. The van der Waals surface area contributed by atoms with Crippen LogP contribution < -0.4 is 20.7 Å². The number of aromatic nitrogens is 2. The van der Waals surface area contributed by atoms with Crippen LogP contribution in [0, 0.1) is 29.6 Å². The summed E-state index contributed by atoms with van der Waals surface area (Å²) >= 11 is 12.7. The fourth-order valence-electron chi connectivity index (χ4n) is 8.91. The maximum absolute atomic E-state index is 12.6. The first-order valence-corrected chi connectivity index (χ1v) is 19.4. The average molecular weight is 755 g/mol. The van der Waals surface area contributed by atoms with E-state index in [0.29, 0.717) is 73.1 Å². The number of ether oxygens (including phenoxy) is 4. The summed E-state index contributed by atoms with van der Waals surface area (Å²) in [5.74, 6) is 3.56. The summed E-state index contributed by atoms with van der Waals surface area (Å²) < 4.78 is 26.1. The summed E-state index contributed by atoms with van der Waals surface area (Å²) in [6.45, 7) is 2.65. The van der Waals surface area contributed by atoms with Crippen LogP contribution >= 0.6 is 23.2 Å². The fraction of sp³-hybridized carbons (Fsp3) is 0.564. The third kappa shape index (κ3) is 9.60. The van der Waals surface area contributed by atoms with Crippen LogP contribution in [0.1, 0.15) is 50.5 Å². The number of fused-ring (bicyclic) bond motifs is 2. The van der Waals surface area contributed by atoms with Gasteiger partial charge >= 0.3 is 0 Å². The number of carbonyl (C=O) groups is 2. The topological polar surface area (TPSA) is 125 Å². The van der Waals surface area contributed by atoms with Crippen LogP contribution in [0.3, 0.4) is 0 Å². The van der Waals surface area contributed by atoms with Gasteiger partial charge in [0.05, 0.1) is 31.1 Å². The number of amides is 2. The summed E-state index contributed by atoms with van der Waals surface area (Å²) in [6, 6.07) is 12.9. The molecular weight excluding hydrogens is 705 g/mol. The monoisotopic (exact) mass is 753 g/mol. The number of anilines is 1. The molecule has 13 heteroatoms. The van der Waals surface area contributed by atoms with E-state index in [1.54, 1.807) is 24.7 Å². The summed E-state index contributed by atoms with van der Waals surface area (Å²) in [5, 5.41) is 10.1. The van der Waals surface area contributed by atoms with Crippen molar-refractivity contribution in [1.29, 1.82) is 0 Å². The second kappa shape index (κ2) is 17.2. The zero-order valence-electron chi connectivity index (χ0n) is 29.4. The first-order valence-electron chi connectivity index (χ1n) is 18.6. The average Bonchev–Trinajstić information content (AvgIpc) is 3.83. The minimum absolute atomic E-state index is 0.0381. The molecule has 1 saturated heterocycles. The van der Waals surface area contributed by atoms with Crippen molar-refractivity contribution in [3.8, 4) is 5.75 Å². The van der Waals surface area contributed by atoms with Gasteiger partial charge in [-0.05, 0) is 105 Å². The normalized spacial score (nSPS) is 27.7. The van der Waals surface area contributed by atoms with Crippen molar-refractivity contribution in [2.24, 2.45) is 29.6 Å². The standard InChI is InChI=1S/C39H49Cl2N5O6/c40-31-1-6-35(36(41)20-31)39(24-46-11-9-42-25-46)51-22-34(52-39)21-50-33-4-2-32(3-5-33)43-7-8-44-38(48)23-49-12-10-45-37(47)19-28-14-26-13-27-16-29(15-26)30(17-27)18-28/h1-6,9,11,20,25-30,34,43H,7-8,10,12-19,21-24H2,(H,44,48)(H,45,47)/t26?,27?,28?,29?,30?,34-,39-/m0/s1. The van der Waals surface area contributed by atoms with Crippen LogP contribution in [-0.4, -0.2) is 73.5 Å². The molecule has 3 aliphatic carbocycles. The van der Waals surface area contributed by atoms with Crippen molar-refractivity contribution in [1.82, 2.24) is 20.2 Å². The molecule has 7 atom stereocenters. The van der Waals surface area contributed by atoms with Crippen molar-refractivity contribution < 1.29 is 28.5 Å². The molecule has 280 valence electrons. The Morgan fingerprint density at radius 1 is 0.923 bits per heavy atom. The number of rotatable bonds is 17. The number of carbonyl (C=O) groups excluding carboxylic acids is 2. The van der Waals surface area contributed by atoms with E-state index < -0.39 is 5.79 Å². The molecule has 11 nitrogen and oxygen atoms in total.